The van der Waals surface area contributed by atoms with Crippen molar-refractivity contribution in [2.24, 2.45) is 11.8 Å². The molecule has 21 heavy (non-hydrogen) atoms. The normalized spacial score (nSPS) is 22.3. The van der Waals surface area contributed by atoms with E-state index in [1.165, 1.54) is 25.7 Å². The van der Waals surface area contributed by atoms with Crippen LogP contribution < -0.4 is 5.32 Å². The van der Waals surface area contributed by atoms with Crippen LogP contribution in [0.4, 0.5) is 0 Å². The molecule has 1 aromatic heterocycles. The molecule has 0 aliphatic heterocycles. The molecule has 1 amide bonds. The molecule has 0 unspecified atom stereocenters. The zero-order valence-corrected chi connectivity index (χ0v) is 12.7. The number of aromatic nitrogens is 1. The Morgan fingerprint density at radius 1 is 1.24 bits per heavy atom. The monoisotopic (exact) mass is 284 g/mol. The third-order valence-corrected chi connectivity index (χ3v) is 4.75. The van der Waals surface area contributed by atoms with Crippen molar-refractivity contribution in [1.82, 2.24) is 10.3 Å². The molecule has 3 nitrogen and oxygen atoms in total. The fraction of sp³-hybridized carbons (Fsp3) is 0.500. The zero-order valence-electron chi connectivity index (χ0n) is 12.7. The van der Waals surface area contributed by atoms with E-state index < -0.39 is 0 Å². The number of carbonyl (C=O) groups is 1. The lowest BCUT2D eigenvalue weighted by Crippen LogP contribution is -2.32. The van der Waals surface area contributed by atoms with E-state index in [2.05, 4.69) is 23.3 Å². The van der Waals surface area contributed by atoms with Crippen LogP contribution in [0.2, 0.25) is 0 Å². The number of carbonyl (C=O) groups excluding carboxylic acids is 1. The topological polar surface area (TPSA) is 44.9 Å². The van der Waals surface area contributed by atoms with Crippen molar-refractivity contribution in [1.29, 1.82) is 0 Å². The molecule has 0 bridgehead atoms. The van der Waals surface area contributed by atoms with Crippen LogP contribution in [-0.4, -0.2) is 17.4 Å². The van der Waals surface area contributed by atoms with Crippen molar-refractivity contribution in [2.45, 2.75) is 39.0 Å². The van der Waals surface area contributed by atoms with Gasteiger partial charge in [0, 0.05) is 23.6 Å². The molecule has 3 heteroatoms. The average Bonchev–Trinajstić information content (AvgIpc) is 2.90. The molecule has 1 aliphatic carbocycles. The molecule has 2 aromatic rings. The van der Waals surface area contributed by atoms with Gasteiger partial charge in [-0.25, -0.2) is 0 Å². The van der Waals surface area contributed by atoms with Crippen molar-refractivity contribution in [3.63, 3.8) is 0 Å². The molecule has 3 rings (SSSR count). The summed E-state index contributed by atoms with van der Waals surface area (Å²) in [6.07, 6.45) is 7.55. The first-order chi connectivity index (χ1) is 10.2. The lowest BCUT2D eigenvalue weighted by molar-refractivity contribution is -0.120. The Balaban J connectivity index is 1.52. The van der Waals surface area contributed by atoms with Crippen LogP contribution in [-0.2, 0) is 11.2 Å². The van der Waals surface area contributed by atoms with Crippen LogP contribution >= 0.6 is 0 Å². The predicted octanol–water partition coefficient (Wildman–Crippen LogP) is 3.65. The zero-order chi connectivity index (χ0) is 14.7. The summed E-state index contributed by atoms with van der Waals surface area (Å²) < 4.78 is 0. The first-order valence-electron chi connectivity index (χ1n) is 8.04. The molecule has 112 valence electrons. The van der Waals surface area contributed by atoms with Gasteiger partial charge in [0.25, 0.3) is 0 Å². The van der Waals surface area contributed by atoms with Gasteiger partial charge in [-0.3, -0.25) is 4.79 Å². The van der Waals surface area contributed by atoms with Crippen molar-refractivity contribution >= 4 is 16.8 Å². The maximum Gasteiger partial charge on any atom is 0.224 e. The van der Waals surface area contributed by atoms with E-state index in [1.807, 2.05) is 24.4 Å². The van der Waals surface area contributed by atoms with E-state index in [1.54, 1.807) is 0 Å². The van der Waals surface area contributed by atoms with E-state index in [0.717, 1.165) is 28.9 Å². The van der Waals surface area contributed by atoms with E-state index in [-0.39, 0.29) is 5.91 Å². The molecule has 0 spiro atoms. The summed E-state index contributed by atoms with van der Waals surface area (Å²) >= 11 is 0. The number of benzene rings is 1. The number of amides is 1. The molecular formula is C18H24N2O. The lowest BCUT2D eigenvalue weighted by Gasteiger charge is -2.26. The highest BCUT2D eigenvalue weighted by atomic mass is 16.1. The molecule has 1 aromatic carbocycles. The minimum absolute atomic E-state index is 0.137. The maximum absolute atomic E-state index is 12.1. The lowest BCUT2D eigenvalue weighted by atomic mass is 9.83. The highest BCUT2D eigenvalue weighted by molar-refractivity contribution is 5.88. The molecule has 1 saturated carbocycles. The second-order valence-corrected chi connectivity index (χ2v) is 6.47. The summed E-state index contributed by atoms with van der Waals surface area (Å²) in [5, 5.41) is 4.27. The Kier molecular flexibility index (Phi) is 4.28. The van der Waals surface area contributed by atoms with Crippen molar-refractivity contribution in [3.8, 4) is 0 Å². The standard InChI is InChI=1S/C18H24N2O/c1-13-6-8-14(9-7-13)11-20-18(21)10-15-12-19-17-5-3-2-4-16(15)17/h2-5,12-14,19H,6-11H2,1H3,(H,20,21). The first kappa shape index (κ1) is 14.2. The molecule has 2 N–H and O–H groups in total. The van der Waals surface area contributed by atoms with Gasteiger partial charge in [-0.1, -0.05) is 38.0 Å². The summed E-state index contributed by atoms with van der Waals surface area (Å²) in [6.45, 7) is 3.17. The Morgan fingerprint density at radius 3 is 2.81 bits per heavy atom. The van der Waals surface area contributed by atoms with Gasteiger partial charge in [-0.15, -0.1) is 0 Å². The summed E-state index contributed by atoms with van der Waals surface area (Å²) in [7, 11) is 0. The molecule has 0 atom stereocenters. The molecule has 0 radical (unpaired) electrons. The number of hydrogen-bond acceptors (Lipinski definition) is 1. The highest BCUT2D eigenvalue weighted by Gasteiger charge is 2.18. The minimum Gasteiger partial charge on any atom is -0.361 e. The number of nitrogens with one attached hydrogen (secondary N) is 2. The van der Waals surface area contributed by atoms with Gasteiger partial charge >= 0.3 is 0 Å². The third kappa shape index (κ3) is 3.46. The Bertz CT molecular complexity index is 608. The smallest absolute Gasteiger partial charge is 0.224 e. The molecule has 1 aliphatic rings. The quantitative estimate of drug-likeness (QED) is 0.884. The van der Waals surface area contributed by atoms with Gasteiger partial charge < -0.3 is 10.3 Å². The Hall–Kier alpha value is -1.77. The van der Waals surface area contributed by atoms with Gasteiger partial charge in [-0.2, -0.15) is 0 Å². The number of hydrogen-bond donors (Lipinski definition) is 2. The summed E-state index contributed by atoms with van der Waals surface area (Å²) in [5.74, 6) is 1.68. The predicted molar refractivity (Wildman–Crippen MR) is 86.1 cm³/mol. The molecule has 1 heterocycles. The second-order valence-electron chi connectivity index (χ2n) is 6.47. The fourth-order valence-electron chi connectivity index (χ4n) is 3.30. The third-order valence-electron chi connectivity index (χ3n) is 4.75. The van der Waals surface area contributed by atoms with Crippen molar-refractivity contribution in [2.75, 3.05) is 6.54 Å². The highest BCUT2D eigenvalue weighted by Crippen LogP contribution is 2.27. The van der Waals surface area contributed by atoms with Gasteiger partial charge in [0.05, 0.1) is 6.42 Å². The molecule has 1 fully saturated rings. The number of H-pyrrole nitrogens is 1. The van der Waals surface area contributed by atoms with Crippen molar-refractivity contribution < 1.29 is 4.79 Å². The summed E-state index contributed by atoms with van der Waals surface area (Å²) in [6, 6.07) is 8.13. The Morgan fingerprint density at radius 2 is 2.00 bits per heavy atom. The van der Waals surface area contributed by atoms with E-state index in [4.69, 9.17) is 0 Å². The Labute approximate surface area is 126 Å². The fourth-order valence-corrected chi connectivity index (χ4v) is 3.30. The van der Waals surface area contributed by atoms with Gasteiger partial charge in [0.1, 0.15) is 0 Å². The first-order valence-corrected chi connectivity index (χ1v) is 8.04. The summed E-state index contributed by atoms with van der Waals surface area (Å²) in [4.78, 5) is 15.4. The average molecular weight is 284 g/mol. The van der Waals surface area contributed by atoms with E-state index in [0.29, 0.717) is 12.3 Å². The van der Waals surface area contributed by atoms with Crippen LogP contribution in [0.15, 0.2) is 30.5 Å². The summed E-state index contributed by atoms with van der Waals surface area (Å²) in [5.41, 5.74) is 2.18. The largest absolute Gasteiger partial charge is 0.361 e. The SMILES string of the molecule is CC1CCC(CNC(=O)Cc2c[nH]c3ccccc23)CC1. The van der Waals surface area contributed by atoms with Gasteiger partial charge in [-0.05, 0) is 36.3 Å². The van der Waals surface area contributed by atoms with Crippen LogP contribution in [0, 0.1) is 11.8 Å². The van der Waals surface area contributed by atoms with Crippen LogP contribution in [0.5, 0.6) is 0 Å². The van der Waals surface area contributed by atoms with E-state index >= 15 is 0 Å². The number of aromatic amines is 1. The van der Waals surface area contributed by atoms with Crippen LogP contribution in [0.25, 0.3) is 10.9 Å². The van der Waals surface area contributed by atoms with Crippen LogP contribution in [0.1, 0.15) is 38.2 Å². The molecule has 0 saturated heterocycles. The minimum atomic E-state index is 0.137. The number of fused-ring (bicyclic) bond motifs is 1. The van der Waals surface area contributed by atoms with Crippen molar-refractivity contribution in [3.05, 3.63) is 36.0 Å². The second kappa shape index (κ2) is 6.33. The van der Waals surface area contributed by atoms with Crippen LogP contribution in [0.3, 0.4) is 0 Å². The van der Waals surface area contributed by atoms with E-state index in [9.17, 15) is 4.79 Å². The maximum atomic E-state index is 12.1. The van der Waals surface area contributed by atoms with Gasteiger partial charge in [0.15, 0.2) is 0 Å². The molecular weight excluding hydrogens is 260 g/mol. The number of para-hydroxylation sites is 1. The van der Waals surface area contributed by atoms with Gasteiger partial charge in [0.2, 0.25) is 5.91 Å². The number of rotatable bonds is 4.